The van der Waals surface area contributed by atoms with Crippen LogP contribution in [0.1, 0.15) is 11.1 Å². The molecule has 2 aromatic carbocycles. The molecule has 4 heteroatoms. The number of halogens is 1. The average Bonchev–Trinajstić information content (AvgIpc) is 2.88. The van der Waals surface area contributed by atoms with Gasteiger partial charge in [0.05, 0.1) is 0 Å². The molecule has 1 aliphatic rings. The molecule has 1 heterocycles. The lowest BCUT2D eigenvalue weighted by Crippen LogP contribution is -2.01. The van der Waals surface area contributed by atoms with Crippen LogP contribution in [0.3, 0.4) is 0 Å². The normalized spacial score (nSPS) is 16.1. The third kappa shape index (κ3) is 3.51. The molecule has 0 N–H and O–H groups in total. The van der Waals surface area contributed by atoms with E-state index in [-0.39, 0.29) is 5.90 Å². The van der Waals surface area contributed by atoms with E-state index < -0.39 is 5.97 Å². The third-order valence-corrected chi connectivity index (χ3v) is 3.28. The quantitative estimate of drug-likeness (QED) is 0.624. The SMILES string of the molecule is O=C1OC(/C=C/c2ccc(Cl)cc2)=NC1=Cc1ccccc1. The molecule has 1 aliphatic heterocycles. The molecule has 0 saturated heterocycles. The van der Waals surface area contributed by atoms with Crippen molar-refractivity contribution in [3.8, 4) is 0 Å². The highest BCUT2D eigenvalue weighted by Crippen LogP contribution is 2.17. The van der Waals surface area contributed by atoms with Gasteiger partial charge in [-0.1, -0.05) is 54.1 Å². The Morgan fingerprint density at radius 1 is 0.909 bits per heavy atom. The van der Waals surface area contributed by atoms with Crippen molar-refractivity contribution in [3.63, 3.8) is 0 Å². The summed E-state index contributed by atoms with van der Waals surface area (Å²) in [4.78, 5) is 16.0. The van der Waals surface area contributed by atoms with Crippen molar-refractivity contribution in [2.45, 2.75) is 0 Å². The topological polar surface area (TPSA) is 38.7 Å². The van der Waals surface area contributed by atoms with Crippen LogP contribution in [0.25, 0.3) is 12.2 Å². The molecule has 0 spiro atoms. The highest BCUT2D eigenvalue weighted by Gasteiger charge is 2.20. The van der Waals surface area contributed by atoms with E-state index in [1.807, 2.05) is 48.5 Å². The molecule has 0 unspecified atom stereocenters. The molecule has 0 fully saturated rings. The maximum Gasteiger partial charge on any atom is 0.363 e. The van der Waals surface area contributed by atoms with E-state index in [4.69, 9.17) is 16.3 Å². The number of hydrogen-bond donors (Lipinski definition) is 0. The van der Waals surface area contributed by atoms with E-state index in [9.17, 15) is 4.79 Å². The molecule has 108 valence electrons. The minimum absolute atomic E-state index is 0.280. The molecular weight excluding hydrogens is 298 g/mol. The smallest absolute Gasteiger partial charge is 0.363 e. The van der Waals surface area contributed by atoms with Gasteiger partial charge in [-0.2, -0.15) is 0 Å². The number of carbonyl (C=O) groups excluding carboxylic acids is 1. The van der Waals surface area contributed by atoms with E-state index in [1.54, 1.807) is 24.3 Å². The van der Waals surface area contributed by atoms with Crippen molar-refractivity contribution < 1.29 is 9.53 Å². The van der Waals surface area contributed by atoms with Gasteiger partial charge in [0.1, 0.15) is 0 Å². The van der Waals surface area contributed by atoms with Crippen molar-refractivity contribution in [1.82, 2.24) is 0 Å². The van der Waals surface area contributed by atoms with Gasteiger partial charge in [0, 0.05) is 11.1 Å². The first-order valence-electron chi connectivity index (χ1n) is 6.72. The molecule has 0 radical (unpaired) electrons. The lowest BCUT2D eigenvalue weighted by atomic mass is 10.2. The number of aliphatic imine (C=N–C) groups is 1. The number of cyclic esters (lactones) is 1. The van der Waals surface area contributed by atoms with Crippen LogP contribution in [0.4, 0.5) is 0 Å². The number of benzene rings is 2. The Kier molecular flexibility index (Phi) is 4.17. The summed E-state index contributed by atoms with van der Waals surface area (Å²) in [5, 5.41) is 0.676. The molecule has 2 aromatic rings. The Morgan fingerprint density at radius 2 is 1.64 bits per heavy atom. The number of carbonyl (C=O) groups is 1. The van der Waals surface area contributed by atoms with Crippen LogP contribution < -0.4 is 0 Å². The fourth-order valence-electron chi connectivity index (χ4n) is 1.95. The summed E-state index contributed by atoms with van der Waals surface area (Å²) in [6.45, 7) is 0. The Labute approximate surface area is 133 Å². The van der Waals surface area contributed by atoms with Gasteiger partial charge in [0.25, 0.3) is 0 Å². The second-order valence-electron chi connectivity index (χ2n) is 4.66. The zero-order valence-electron chi connectivity index (χ0n) is 11.6. The Bertz CT molecular complexity index is 774. The highest BCUT2D eigenvalue weighted by atomic mass is 35.5. The van der Waals surface area contributed by atoms with E-state index in [2.05, 4.69) is 4.99 Å². The van der Waals surface area contributed by atoms with E-state index >= 15 is 0 Å². The number of ether oxygens (including phenoxy) is 1. The number of nitrogens with zero attached hydrogens (tertiary/aromatic N) is 1. The summed E-state index contributed by atoms with van der Waals surface area (Å²) >= 11 is 5.83. The molecular formula is C18H12ClNO2. The first-order valence-corrected chi connectivity index (χ1v) is 7.10. The lowest BCUT2D eigenvalue weighted by molar-refractivity contribution is -0.129. The van der Waals surface area contributed by atoms with Crippen molar-refractivity contribution in [3.05, 3.63) is 82.5 Å². The van der Waals surface area contributed by atoms with Crippen LogP contribution in [0, 0.1) is 0 Å². The monoisotopic (exact) mass is 309 g/mol. The van der Waals surface area contributed by atoms with Crippen LogP contribution >= 0.6 is 11.6 Å². The van der Waals surface area contributed by atoms with Gasteiger partial charge >= 0.3 is 5.97 Å². The lowest BCUT2D eigenvalue weighted by Gasteiger charge is -1.94. The highest BCUT2D eigenvalue weighted by molar-refractivity contribution is 6.30. The van der Waals surface area contributed by atoms with Gasteiger partial charge in [-0.05, 0) is 35.4 Å². The fraction of sp³-hybridized carbons (Fsp3) is 0. The second-order valence-corrected chi connectivity index (χ2v) is 5.10. The molecule has 0 bridgehead atoms. The fourth-order valence-corrected chi connectivity index (χ4v) is 2.07. The summed E-state index contributed by atoms with van der Waals surface area (Å²) < 4.78 is 5.12. The van der Waals surface area contributed by atoms with Gasteiger partial charge < -0.3 is 4.74 Å². The Morgan fingerprint density at radius 3 is 2.36 bits per heavy atom. The van der Waals surface area contributed by atoms with Crippen LogP contribution in [-0.4, -0.2) is 11.9 Å². The summed E-state index contributed by atoms with van der Waals surface area (Å²) in [5.74, 6) is -0.165. The molecule has 0 saturated carbocycles. The number of hydrogen-bond acceptors (Lipinski definition) is 3. The first kappa shape index (κ1) is 14.3. The predicted octanol–water partition coefficient (Wildman–Crippen LogP) is 4.35. The summed E-state index contributed by atoms with van der Waals surface area (Å²) in [7, 11) is 0. The van der Waals surface area contributed by atoms with Gasteiger partial charge in [0.2, 0.25) is 5.90 Å². The number of rotatable bonds is 3. The summed E-state index contributed by atoms with van der Waals surface area (Å²) in [6.07, 6.45) is 5.17. The predicted molar refractivity (Wildman–Crippen MR) is 88.4 cm³/mol. The van der Waals surface area contributed by atoms with E-state index in [0.717, 1.165) is 11.1 Å². The molecule has 0 amide bonds. The Hall–Kier alpha value is -2.65. The molecule has 3 nitrogen and oxygen atoms in total. The second kappa shape index (κ2) is 6.41. The zero-order valence-corrected chi connectivity index (χ0v) is 12.3. The van der Waals surface area contributed by atoms with Crippen LogP contribution in [0.5, 0.6) is 0 Å². The van der Waals surface area contributed by atoms with Gasteiger partial charge in [0.15, 0.2) is 5.70 Å². The first-order chi connectivity index (χ1) is 10.7. The van der Waals surface area contributed by atoms with Crippen LogP contribution in [-0.2, 0) is 9.53 Å². The van der Waals surface area contributed by atoms with Crippen molar-refractivity contribution in [1.29, 1.82) is 0 Å². The standard InChI is InChI=1S/C18H12ClNO2/c19-15-9-6-13(7-10-15)8-11-17-20-16(18(21)22-17)12-14-4-2-1-3-5-14/h1-12H/b11-8+,16-12?. The van der Waals surface area contributed by atoms with Gasteiger partial charge in [-0.15, -0.1) is 0 Å². The van der Waals surface area contributed by atoms with Crippen LogP contribution in [0.2, 0.25) is 5.02 Å². The number of esters is 1. The average molecular weight is 310 g/mol. The van der Waals surface area contributed by atoms with Gasteiger partial charge in [-0.25, -0.2) is 9.79 Å². The third-order valence-electron chi connectivity index (χ3n) is 3.03. The molecule has 0 aromatic heterocycles. The Balaban J connectivity index is 1.78. The maximum absolute atomic E-state index is 11.8. The summed E-state index contributed by atoms with van der Waals surface area (Å²) in [6, 6.07) is 16.9. The van der Waals surface area contributed by atoms with Crippen molar-refractivity contribution >= 4 is 35.6 Å². The molecule has 3 rings (SSSR count). The van der Waals surface area contributed by atoms with E-state index in [1.165, 1.54) is 0 Å². The maximum atomic E-state index is 11.8. The van der Waals surface area contributed by atoms with Crippen molar-refractivity contribution in [2.75, 3.05) is 0 Å². The molecule has 22 heavy (non-hydrogen) atoms. The molecule has 0 aliphatic carbocycles. The minimum Gasteiger partial charge on any atom is -0.403 e. The summed E-state index contributed by atoms with van der Waals surface area (Å²) in [5.41, 5.74) is 2.15. The van der Waals surface area contributed by atoms with Crippen molar-refractivity contribution in [2.24, 2.45) is 4.99 Å². The zero-order chi connectivity index (χ0) is 15.4. The minimum atomic E-state index is -0.445. The molecule has 0 atom stereocenters. The van der Waals surface area contributed by atoms with Gasteiger partial charge in [-0.3, -0.25) is 0 Å². The largest absolute Gasteiger partial charge is 0.403 e. The van der Waals surface area contributed by atoms with E-state index in [0.29, 0.717) is 10.7 Å². The van der Waals surface area contributed by atoms with Crippen LogP contribution in [0.15, 0.2) is 71.4 Å².